The molecule has 12 aromatic carbocycles. The molecule has 2 aliphatic rings. The number of nitrogens with zero attached hydrogens (tertiary/aromatic N) is 2. The molecule has 0 aromatic heterocycles. The number of rotatable bonds is 8. The lowest BCUT2D eigenvalue weighted by Crippen LogP contribution is -2.26. The van der Waals surface area contributed by atoms with Crippen molar-refractivity contribution in [3.8, 4) is 44.5 Å². The highest BCUT2D eigenvalue weighted by Crippen LogP contribution is 2.63. The molecular formula is C69H46N2. The van der Waals surface area contributed by atoms with E-state index in [0.29, 0.717) is 0 Å². The average molecular weight is 903 g/mol. The van der Waals surface area contributed by atoms with Gasteiger partial charge in [-0.1, -0.05) is 206 Å². The average Bonchev–Trinajstić information content (AvgIpc) is 3.92. The maximum absolute atomic E-state index is 2.47. The van der Waals surface area contributed by atoms with Crippen molar-refractivity contribution in [2.75, 3.05) is 9.80 Å². The standard InChI is InChI=1S/C69H46N2/c1-3-19-51(20-4-1)70(55-40-31-47-17-7-8-18-50(47)45-55)53-36-32-48(33-37-53)57-43-44-58(60-24-10-9-23-59(57)60)49-34-38-54(39-35-49)71(52-21-5-2-6-22-52)56-41-42-64-63-27-13-16-30-67(63)69(68(64)46-56)65-28-14-11-25-61(65)62-26-12-15-29-66(62)69/h1-46H. The van der Waals surface area contributed by atoms with Gasteiger partial charge in [0.1, 0.15) is 0 Å². The Hall–Kier alpha value is -9.24. The summed E-state index contributed by atoms with van der Waals surface area (Å²) in [7, 11) is 0. The molecule has 0 atom stereocenters. The molecule has 71 heavy (non-hydrogen) atoms. The Morgan fingerprint density at radius 3 is 1.07 bits per heavy atom. The first-order valence-corrected chi connectivity index (χ1v) is 24.6. The monoisotopic (exact) mass is 902 g/mol. The van der Waals surface area contributed by atoms with Gasteiger partial charge in [0.2, 0.25) is 0 Å². The molecule has 2 heteroatoms. The first-order chi connectivity index (χ1) is 35.2. The maximum Gasteiger partial charge on any atom is 0.0726 e. The van der Waals surface area contributed by atoms with Crippen molar-refractivity contribution in [1.82, 2.24) is 0 Å². The predicted molar refractivity (Wildman–Crippen MR) is 298 cm³/mol. The summed E-state index contributed by atoms with van der Waals surface area (Å²) in [6.45, 7) is 0. The van der Waals surface area contributed by atoms with Crippen LogP contribution in [0.25, 0.3) is 66.1 Å². The van der Waals surface area contributed by atoms with E-state index in [1.807, 2.05) is 0 Å². The van der Waals surface area contributed by atoms with Gasteiger partial charge in [0.15, 0.2) is 0 Å². The van der Waals surface area contributed by atoms with Crippen LogP contribution in [0.3, 0.4) is 0 Å². The molecule has 0 saturated heterocycles. The third-order valence-corrected chi connectivity index (χ3v) is 15.1. The summed E-state index contributed by atoms with van der Waals surface area (Å²) >= 11 is 0. The van der Waals surface area contributed by atoms with Gasteiger partial charge >= 0.3 is 0 Å². The number of anilines is 6. The van der Waals surface area contributed by atoms with Crippen molar-refractivity contribution in [2.45, 2.75) is 5.41 Å². The summed E-state index contributed by atoms with van der Waals surface area (Å²) in [6.07, 6.45) is 0. The molecule has 0 N–H and O–H groups in total. The van der Waals surface area contributed by atoms with Crippen LogP contribution in [0.5, 0.6) is 0 Å². The Morgan fingerprint density at radius 2 is 0.563 bits per heavy atom. The molecule has 332 valence electrons. The largest absolute Gasteiger partial charge is 0.310 e. The quantitative estimate of drug-likeness (QED) is 0.150. The van der Waals surface area contributed by atoms with Crippen LogP contribution in [0, 0.1) is 0 Å². The third-order valence-electron chi connectivity index (χ3n) is 15.1. The Labute approximate surface area is 414 Å². The highest BCUT2D eigenvalue weighted by Gasteiger charge is 2.51. The fourth-order valence-electron chi connectivity index (χ4n) is 12.0. The number of hydrogen-bond donors (Lipinski definition) is 0. The number of hydrogen-bond acceptors (Lipinski definition) is 2. The fraction of sp³-hybridized carbons (Fsp3) is 0.0145. The van der Waals surface area contributed by atoms with Crippen molar-refractivity contribution >= 4 is 55.7 Å². The molecule has 1 spiro atoms. The van der Waals surface area contributed by atoms with Crippen LogP contribution in [0.1, 0.15) is 22.3 Å². The Balaban J connectivity index is 0.834. The van der Waals surface area contributed by atoms with Gasteiger partial charge in [-0.05, 0) is 161 Å². The normalized spacial score (nSPS) is 12.6. The summed E-state index contributed by atoms with van der Waals surface area (Å²) in [5, 5.41) is 4.91. The third kappa shape index (κ3) is 6.42. The molecule has 0 fully saturated rings. The SMILES string of the molecule is c1ccc(N(c2ccc(-c3ccc(-c4ccc(N(c5ccccc5)c5ccc6ccccc6c5)cc4)c4ccccc34)cc2)c2ccc3c(c2)C2(c4ccccc4-c4ccccc42)c2ccccc2-3)cc1. The van der Waals surface area contributed by atoms with Gasteiger partial charge in [0.25, 0.3) is 0 Å². The molecule has 0 aliphatic heterocycles. The van der Waals surface area contributed by atoms with E-state index in [0.717, 1.165) is 34.1 Å². The van der Waals surface area contributed by atoms with Crippen LogP contribution < -0.4 is 9.80 Å². The van der Waals surface area contributed by atoms with Crippen LogP contribution in [-0.4, -0.2) is 0 Å². The first kappa shape index (κ1) is 40.8. The lowest BCUT2D eigenvalue weighted by Gasteiger charge is -2.32. The maximum atomic E-state index is 2.47. The van der Waals surface area contributed by atoms with Crippen molar-refractivity contribution in [1.29, 1.82) is 0 Å². The molecule has 12 aromatic rings. The Bertz CT molecular complexity index is 3920. The summed E-state index contributed by atoms with van der Waals surface area (Å²) in [5.74, 6) is 0. The van der Waals surface area contributed by atoms with E-state index in [1.165, 1.54) is 88.3 Å². The van der Waals surface area contributed by atoms with Crippen LogP contribution >= 0.6 is 0 Å². The molecule has 0 amide bonds. The van der Waals surface area contributed by atoms with Crippen molar-refractivity contribution in [2.24, 2.45) is 0 Å². The van der Waals surface area contributed by atoms with E-state index < -0.39 is 5.41 Å². The molecule has 0 heterocycles. The van der Waals surface area contributed by atoms with Crippen LogP contribution in [0.2, 0.25) is 0 Å². The topological polar surface area (TPSA) is 6.48 Å². The van der Waals surface area contributed by atoms with Gasteiger partial charge in [-0.2, -0.15) is 0 Å². The summed E-state index contributed by atoms with van der Waals surface area (Å²) in [6, 6.07) is 103. The fourth-order valence-corrected chi connectivity index (χ4v) is 12.0. The van der Waals surface area contributed by atoms with Crippen LogP contribution in [0.15, 0.2) is 279 Å². The summed E-state index contributed by atoms with van der Waals surface area (Å²) in [4.78, 5) is 4.75. The predicted octanol–water partition coefficient (Wildman–Crippen LogP) is 18.6. The molecule has 2 aliphatic carbocycles. The van der Waals surface area contributed by atoms with Crippen LogP contribution in [-0.2, 0) is 5.41 Å². The second-order valence-electron chi connectivity index (χ2n) is 18.8. The zero-order chi connectivity index (χ0) is 46.9. The minimum Gasteiger partial charge on any atom is -0.310 e. The van der Waals surface area contributed by atoms with Crippen molar-refractivity contribution in [3.05, 3.63) is 301 Å². The van der Waals surface area contributed by atoms with Gasteiger partial charge in [-0.25, -0.2) is 0 Å². The number of fused-ring (bicyclic) bond motifs is 12. The zero-order valence-electron chi connectivity index (χ0n) is 39.0. The first-order valence-electron chi connectivity index (χ1n) is 24.6. The number of benzene rings is 12. The Morgan fingerprint density at radius 1 is 0.211 bits per heavy atom. The molecule has 0 unspecified atom stereocenters. The lowest BCUT2D eigenvalue weighted by atomic mass is 9.70. The van der Waals surface area contributed by atoms with Crippen molar-refractivity contribution < 1.29 is 0 Å². The highest BCUT2D eigenvalue weighted by atomic mass is 15.1. The molecule has 0 bridgehead atoms. The second-order valence-corrected chi connectivity index (χ2v) is 18.8. The molecule has 0 saturated carbocycles. The number of para-hydroxylation sites is 2. The zero-order valence-corrected chi connectivity index (χ0v) is 39.0. The van der Waals surface area contributed by atoms with E-state index in [9.17, 15) is 0 Å². The molecule has 14 rings (SSSR count). The highest BCUT2D eigenvalue weighted by molar-refractivity contribution is 6.05. The van der Waals surface area contributed by atoms with E-state index >= 15 is 0 Å². The minimum atomic E-state index is -0.420. The van der Waals surface area contributed by atoms with Crippen LogP contribution in [0.4, 0.5) is 34.1 Å². The minimum absolute atomic E-state index is 0.420. The summed E-state index contributed by atoms with van der Waals surface area (Å²) in [5.41, 5.74) is 21.7. The molecular weight excluding hydrogens is 857 g/mol. The van der Waals surface area contributed by atoms with Gasteiger partial charge in [-0.3, -0.25) is 0 Å². The van der Waals surface area contributed by atoms with E-state index in [-0.39, 0.29) is 0 Å². The smallest absolute Gasteiger partial charge is 0.0726 e. The van der Waals surface area contributed by atoms with Crippen molar-refractivity contribution in [3.63, 3.8) is 0 Å². The molecule has 0 radical (unpaired) electrons. The summed E-state index contributed by atoms with van der Waals surface area (Å²) < 4.78 is 0. The van der Waals surface area contributed by atoms with E-state index in [4.69, 9.17) is 0 Å². The molecule has 2 nitrogen and oxygen atoms in total. The van der Waals surface area contributed by atoms with Gasteiger partial charge in [0.05, 0.1) is 5.41 Å². The van der Waals surface area contributed by atoms with E-state index in [1.54, 1.807) is 0 Å². The van der Waals surface area contributed by atoms with Gasteiger partial charge in [-0.15, -0.1) is 0 Å². The lowest BCUT2D eigenvalue weighted by molar-refractivity contribution is 0.793. The second kappa shape index (κ2) is 16.5. The van der Waals surface area contributed by atoms with Gasteiger partial charge in [0, 0.05) is 34.1 Å². The Kier molecular flexibility index (Phi) is 9.47. The van der Waals surface area contributed by atoms with E-state index in [2.05, 4.69) is 289 Å². The van der Waals surface area contributed by atoms with Gasteiger partial charge < -0.3 is 9.80 Å².